The fraction of sp³-hybridized carbons (Fsp3) is 0. The van der Waals surface area contributed by atoms with Gasteiger partial charge in [0.2, 0.25) is 0 Å². The Kier molecular flexibility index (Phi) is 3.22. The van der Waals surface area contributed by atoms with E-state index in [0.29, 0.717) is 5.56 Å². The van der Waals surface area contributed by atoms with Gasteiger partial charge < -0.3 is 10.3 Å². The fourth-order valence-corrected chi connectivity index (χ4v) is 2.16. The molecule has 20 heavy (non-hydrogen) atoms. The van der Waals surface area contributed by atoms with E-state index in [1.807, 2.05) is 54.9 Å². The minimum atomic E-state index is 0.635. The first-order valence-corrected chi connectivity index (χ1v) is 6.37. The lowest BCUT2D eigenvalue weighted by atomic mass is 10.1. The highest BCUT2D eigenvalue weighted by Crippen LogP contribution is 2.19. The number of benzene rings is 2. The second-order valence-electron chi connectivity index (χ2n) is 4.42. The molecule has 0 atom stereocenters. The smallest absolute Gasteiger partial charge is 0.101 e. The van der Waals surface area contributed by atoms with E-state index in [2.05, 4.69) is 22.4 Å². The number of hydrogen-bond acceptors (Lipinski definition) is 2. The third-order valence-electron chi connectivity index (χ3n) is 3.17. The zero-order valence-corrected chi connectivity index (χ0v) is 10.8. The molecule has 0 spiro atoms. The van der Waals surface area contributed by atoms with Crippen LogP contribution in [0.2, 0.25) is 0 Å². The van der Waals surface area contributed by atoms with E-state index in [0.717, 1.165) is 16.8 Å². The molecule has 0 radical (unpaired) electrons. The quantitative estimate of drug-likeness (QED) is 0.743. The SMILES string of the molecule is N#Cc1ccccc1NC=Cc1c[nH]c2ccccc12. The van der Waals surface area contributed by atoms with Crippen LogP contribution < -0.4 is 5.32 Å². The molecule has 1 heterocycles. The van der Waals surface area contributed by atoms with E-state index < -0.39 is 0 Å². The molecule has 3 aromatic rings. The summed E-state index contributed by atoms with van der Waals surface area (Å²) in [6, 6.07) is 17.8. The molecule has 1 aromatic heterocycles. The van der Waals surface area contributed by atoms with E-state index in [1.165, 1.54) is 5.39 Å². The lowest BCUT2D eigenvalue weighted by Crippen LogP contribution is -1.90. The number of aromatic nitrogens is 1. The lowest BCUT2D eigenvalue weighted by Gasteiger charge is -2.02. The van der Waals surface area contributed by atoms with Gasteiger partial charge in [0.25, 0.3) is 0 Å². The van der Waals surface area contributed by atoms with Crippen LogP contribution in [0.15, 0.2) is 60.9 Å². The zero-order chi connectivity index (χ0) is 13.8. The molecule has 96 valence electrons. The van der Waals surface area contributed by atoms with E-state index in [9.17, 15) is 0 Å². The van der Waals surface area contributed by atoms with Crippen molar-refractivity contribution in [3.8, 4) is 6.07 Å². The van der Waals surface area contributed by atoms with Gasteiger partial charge in [0.05, 0.1) is 11.3 Å². The summed E-state index contributed by atoms with van der Waals surface area (Å²) in [5.41, 5.74) is 3.68. The summed E-state index contributed by atoms with van der Waals surface area (Å²) in [6.45, 7) is 0. The van der Waals surface area contributed by atoms with Gasteiger partial charge in [-0.1, -0.05) is 30.3 Å². The van der Waals surface area contributed by atoms with Crippen molar-refractivity contribution in [1.29, 1.82) is 5.26 Å². The van der Waals surface area contributed by atoms with Crippen LogP contribution in [0.25, 0.3) is 17.0 Å². The van der Waals surface area contributed by atoms with Gasteiger partial charge in [-0.2, -0.15) is 5.26 Å². The van der Waals surface area contributed by atoms with Crippen LogP contribution in [0.4, 0.5) is 5.69 Å². The average Bonchev–Trinajstić information content (AvgIpc) is 2.91. The van der Waals surface area contributed by atoms with Crippen LogP contribution >= 0.6 is 0 Å². The first kappa shape index (κ1) is 12.1. The molecule has 3 rings (SSSR count). The number of H-pyrrole nitrogens is 1. The topological polar surface area (TPSA) is 51.6 Å². The van der Waals surface area contributed by atoms with Crippen molar-refractivity contribution in [3.05, 3.63) is 72.1 Å². The Hall–Kier alpha value is -2.99. The predicted molar refractivity (Wildman–Crippen MR) is 82.1 cm³/mol. The maximum Gasteiger partial charge on any atom is 0.101 e. The standard InChI is InChI=1S/C17H13N3/c18-11-13-5-1-3-7-16(13)19-10-9-14-12-20-17-8-4-2-6-15(14)17/h1-10,12,19-20H. The van der Waals surface area contributed by atoms with Crippen molar-refractivity contribution in [2.45, 2.75) is 0 Å². The Bertz CT molecular complexity index is 806. The highest BCUT2D eigenvalue weighted by atomic mass is 14.8. The molecule has 2 aromatic carbocycles. The summed E-state index contributed by atoms with van der Waals surface area (Å²) in [4.78, 5) is 3.23. The molecule has 0 bridgehead atoms. The molecule has 0 amide bonds. The molecule has 0 saturated carbocycles. The second kappa shape index (κ2) is 5.33. The molecular weight excluding hydrogens is 246 g/mol. The van der Waals surface area contributed by atoms with Gasteiger partial charge in [-0.25, -0.2) is 0 Å². The highest BCUT2D eigenvalue weighted by molar-refractivity contribution is 5.88. The maximum absolute atomic E-state index is 9.02. The van der Waals surface area contributed by atoms with Crippen molar-refractivity contribution in [2.75, 3.05) is 5.32 Å². The van der Waals surface area contributed by atoms with Crippen molar-refractivity contribution >= 4 is 22.7 Å². The van der Waals surface area contributed by atoms with Crippen molar-refractivity contribution < 1.29 is 0 Å². The summed E-state index contributed by atoms with van der Waals surface area (Å²) in [6.07, 6.45) is 5.82. The first-order chi connectivity index (χ1) is 9.88. The largest absolute Gasteiger partial charge is 0.361 e. The summed E-state index contributed by atoms with van der Waals surface area (Å²) < 4.78 is 0. The average molecular weight is 259 g/mol. The normalized spacial score (nSPS) is 10.8. The molecule has 3 heteroatoms. The first-order valence-electron chi connectivity index (χ1n) is 6.37. The highest BCUT2D eigenvalue weighted by Gasteiger charge is 1.99. The summed E-state index contributed by atoms with van der Waals surface area (Å²) in [5, 5.41) is 13.4. The monoisotopic (exact) mass is 259 g/mol. The van der Waals surface area contributed by atoms with Gasteiger partial charge >= 0.3 is 0 Å². The summed E-state index contributed by atoms with van der Waals surface area (Å²) >= 11 is 0. The number of anilines is 1. The van der Waals surface area contributed by atoms with Gasteiger partial charge in [-0.3, -0.25) is 0 Å². The van der Waals surface area contributed by atoms with E-state index in [4.69, 9.17) is 5.26 Å². The van der Waals surface area contributed by atoms with Gasteiger partial charge in [-0.15, -0.1) is 0 Å². The Labute approximate surface area is 117 Å². The third kappa shape index (κ3) is 2.27. The Balaban J connectivity index is 1.83. The molecule has 0 fully saturated rings. The lowest BCUT2D eigenvalue weighted by molar-refractivity contribution is 1.46. The van der Waals surface area contributed by atoms with Crippen molar-refractivity contribution in [1.82, 2.24) is 4.98 Å². The number of aromatic amines is 1. The molecule has 0 saturated heterocycles. The molecular formula is C17H13N3. The van der Waals surface area contributed by atoms with Crippen molar-refractivity contribution in [2.24, 2.45) is 0 Å². The van der Waals surface area contributed by atoms with Crippen LogP contribution in [0.1, 0.15) is 11.1 Å². The third-order valence-corrected chi connectivity index (χ3v) is 3.17. The molecule has 0 unspecified atom stereocenters. The zero-order valence-electron chi connectivity index (χ0n) is 10.8. The van der Waals surface area contributed by atoms with Gasteiger partial charge in [0.1, 0.15) is 6.07 Å². The van der Waals surface area contributed by atoms with E-state index in [1.54, 1.807) is 6.07 Å². The second-order valence-corrected chi connectivity index (χ2v) is 4.42. The van der Waals surface area contributed by atoms with E-state index >= 15 is 0 Å². The number of nitrogens with one attached hydrogen (secondary N) is 2. The van der Waals surface area contributed by atoms with Gasteiger partial charge in [0.15, 0.2) is 0 Å². The van der Waals surface area contributed by atoms with Crippen molar-refractivity contribution in [3.63, 3.8) is 0 Å². The van der Waals surface area contributed by atoms with E-state index in [-0.39, 0.29) is 0 Å². The van der Waals surface area contributed by atoms with Gasteiger partial charge in [0, 0.05) is 28.9 Å². The number of hydrogen-bond donors (Lipinski definition) is 2. The summed E-state index contributed by atoms with van der Waals surface area (Å²) in [5.74, 6) is 0. The van der Waals surface area contributed by atoms with Crippen LogP contribution in [-0.2, 0) is 0 Å². The molecule has 3 nitrogen and oxygen atoms in total. The molecule has 0 aliphatic carbocycles. The Morgan fingerprint density at radius 1 is 1.05 bits per heavy atom. The maximum atomic E-state index is 9.02. The van der Waals surface area contributed by atoms with Crippen LogP contribution in [0.5, 0.6) is 0 Å². The van der Waals surface area contributed by atoms with Crippen LogP contribution in [0, 0.1) is 11.3 Å². The number of fused-ring (bicyclic) bond motifs is 1. The minimum absolute atomic E-state index is 0.635. The number of rotatable bonds is 3. The molecule has 2 N–H and O–H groups in total. The summed E-state index contributed by atoms with van der Waals surface area (Å²) in [7, 11) is 0. The van der Waals surface area contributed by atoms with Crippen LogP contribution in [-0.4, -0.2) is 4.98 Å². The van der Waals surface area contributed by atoms with Gasteiger partial charge in [-0.05, 0) is 24.3 Å². The number of para-hydroxylation sites is 2. The fourth-order valence-electron chi connectivity index (χ4n) is 2.16. The Morgan fingerprint density at radius 2 is 1.85 bits per heavy atom. The number of nitriles is 1. The molecule has 0 aliphatic heterocycles. The Morgan fingerprint density at radius 3 is 2.75 bits per heavy atom. The minimum Gasteiger partial charge on any atom is -0.361 e. The van der Waals surface area contributed by atoms with Crippen LogP contribution in [0.3, 0.4) is 0 Å². The molecule has 0 aliphatic rings. The number of nitrogens with zero attached hydrogens (tertiary/aromatic N) is 1. The predicted octanol–water partition coefficient (Wildman–Crippen LogP) is 4.12.